The van der Waals surface area contributed by atoms with Gasteiger partial charge < -0.3 is 4.74 Å². The Kier molecular flexibility index (Phi) is 5.34. The summed E-state index contributed by atoms with van der Waals surface area (Å²) in [5.41, 5.74) is 0. The Labute approximate surface area is 73.1 Å². The van der Waals surface area contributed by atoms with Crippen molar-refractivity contribution in [2.45, 2.75) is 46.1 Å². The number of Topliss-reactive ketones (excluding diaryl/α,β-unsaturated/α-hetero) is 1. The molecule has 0 bridgehead atoms. The fourth-order valence-corrected chi connectivity index (χ4v) is 0.859. The van der Waals surface area contributed by atoms with Crippen molar-refractivity contribution < 1.29 is 14.3 Å². The molecule has 12 heavy (non-hydrogen) atoms. The van der Waals surface area contributed by atoms with Gasteiger partial charge in [-0.15, -0.1) is 0 Å². The van der Waals surface area contributed by atoms with Crippen molar-refractivity contribution >= 4 is 11.8 Å². The first-order valence-corrected chi connectivity index (χ1v) is 4.29. The first-order chi connectivity index (χ1) is 5.60. The van der Waals surface area contributed by atoms with Crippen LogP contribution in [-0.4, -0.2) is 17.9 Å². The lowest BCUT2D eigenvalue weighted by Crippen LogP contribution is -2.19. The zero-order chi connectivity index (χ0) is 9.56. The largest absolute Gasteiger partial charge is 0.462 e. The molecular weight excluding hydrogens is 156 g/mol. The zero-order valence-corrected chi connectivity index (χ0v) is 7.92. The standard InChI is InChI=1S/C9H16O3/c1-4-8(6-7(3)10)12-9(11)5-2/h8H,4-6H2,1-3H3. The molecule has 0 heterocycles. The number of ketones is 1. The van der Waals surface area contributed by atoms with Gasteiger partial charge in [0.2, 0.25) is 0 Å². The number of esters is 1. The number of rotatable bonds is 5. The molecule has 0 amide bonds. The van der Waals surface area contributed by atoms with E-state index < -0.39 is 0 Å². The van der Waals surface area contributed by atoms with E-state index in [1.54, 1.807) is 6.92 Å². The van der Waals surface area contributed by atoms with Gasteiger partial charge in [0.05, 0.1) is 0 Å². The number of hydrogen-bond acceptors (Lipinski definition) is 3. The minimum atomic E-state index is -0.233. The molecule has 3 heteroatoms. The zero-order valence-electron chi connectivity index (χ0n) is 7.92. The number of carbonyl (C=O) groups is 2. The Balaban J connectivity index is 3.82. The molecule has 0 aromatic carbocycles. The Morgan fingerprint density at radius 2 is 1.92 bits per heavy atom. The molecule has 0 N–H and O–H groups in total. The van der Waals surface area contributed by atoms with Crippen LogP contribution in [0.5, 0.6) is 0 Å². The molecule has 1 unspecified atom stereocenters. The molecule has 0 aromatic rings. The lowest BCUT2D eigenvalue weighted by Gasteiger charge is -2.13. The molecule has 0 aliphatic heterocycles. The third-order valence-corrected chi connectivity index (χ3v) is 1.56. The number of carbonyl (C=O) groups excluding carboxylic acids is 2. The summed E-state index contributed by atoms with van der Waals surface area (Å²) in [4.78, 5) is 21.5. The van der Waals surface area contributed by atoms with Crippen molar-refractivity contribution in [2.24, 2.45) is 0 Å². The molecule has 0 fully saturated rings. The van der Waals surface area contributed by atoms with Crippen LogP contribution in [-0.2, 0) is 14.3 Å². The van der Waals surface area contributed by atoms with Gasteiger partial charge in [-0.3, -0.25) is 9.59 Å². The minimum absolute atomic E-state index is 0.0609. The van der Waals surface area contributed by atoms with E-state index in [4.69, 9.17) is 4.74 Å². The summed E-state index contributed by atoms with van der Waals surface area (Å²) < 4.78 is 5.00. The average Bonchev–Trinajstić information content (AvgIpc) is 2.02. The SMILES string of the molecule is CCC(=O)OC(CC)CC(C)=O. The van der Waals surface area contributed by atoms with Crippen molar-refractivity contribution in [1.82, 2.24) is 0 Å². The Morgan fingerprint density at radius 3 is 2.25 bits per heavy atom. The second-order valence-corrected chi connectivity index (χ2v) is 2.78. The van der Waals surface area contributed by atoms with E-state index in [-0.39, 0.29) is 17.9 Å². The second kappa shape index (κ2) is 5.75. The summed E-state index contributed by atoms with van der Waals surface area (Å²) in [6.45, 7) is 5.14. The molecule has 0 radical (unpaired) electrons. The van der Waals surface area contributed by atoms with Gasteiger partial charge in [0.15, 0.2) is 0 Å². The smallest absolute Gasteiger partial charge is 0.305 e. The topological polar surface area (TPSA) is 43.4 Å². The Bertz CT molecular complexity index is 163. The van der Waals surface area contributed by atoms with E-state index in [1.807, 2.05) is 6.92 Å². The molecule has 0 rings (SSSR count). The Hall–Kier alpha value is -0.860. The number of ether oxygens (including phenoxy) is 1. The highest BCUT2D eigenvalue weighted by molar-refractivity contribution is 5.76. The molecule has 0 saturated carbocycles. The van der Waals surface area contributed by atoms with Crippen molar-refractivity contribution in [3.63, 3.8) is 0 Å². The molecule has 3 nitrogen and oxygen atoms in total. The average molecular weight is 172 g/mol. The van der Waals surface area contributed by atoms with Gasteiger partial charge in [0, 0.05) is 12.8 Å². The minimum Gasteiger partial charge on any atom is -0.462 e. The highest BCUT2D eigenvalue weighted by Gasteiger charge is 2.12. The van der Waals surface area contributed by atoms with Crippen LogP contribution >= 0.6 is 0 Å². The summed E-state index contributed by atoms with van der Waals surface area (Å²) in [6, 6.07) is 0. The fourth-order valence-electron chi connectivity index (χ4n) is 0.859. The van der Waals surface area contributed by atoms with Crippen molar-refractivity contribution in [2.75, 3.05) is 0 Å². The molecule has 0 spiro atoms. The van der Waals surface area contributed by atoms with Crippen LogP contribution in [0.15, 0.2) is 0 Å². The summed E-state index contributed by atoms with van der Waals surface area (Å²) in [5.74, 6) is -0.172. The number of hydrogen-bond donors (Lipinski definition) is 0. The van der Waals surface area contributed by atoms with E-state index >= 15 is 0 Å². The first-order valence-electron chi connectivity index (χ1n) is 4.29. The maximum absolute atomic E-state index is 10.8. The van der Waals surface area contributed by atoms with E-state index in [9.17, 15) is 9.59 Å². The van der Waals surface area contributed by atoms with Gasteiger partial charge >= 0.3 is 5.97 Å². The van der Waals surface area contributed by atoms with E-state index in [0.717, 1.165) is 0 Å². The van der Waals surface area contributed by atoms with Gasteiger partial charge in [0.1, 0.15) is 11.9 Å². The maximum Gasteiger partial charge on any atom is 0.305 e. The van der Waals surface area contributed by atoms with Crippen LogP contribution in [0.25, 0.3) is 0 Å². The van der Waals surface area contributed by atoms with Crippen LogP contribution in [0.1, 0.15) is 40.0 Å². The van der Waals surface area contributed by atoms with Gasteiger partial charge in [-0.2, -0.15) is 0 Å². The highest BCUT2D eigenvalue weighted by Crippen LogP contribution is 2.05. The third-order valence-electron chi connectivity index (χ3n) is 1.56. The fraction of sp³-hybridized carbons (Fsp3) is 0.778. The van der Waals surface area contributed by atoms with E-state index in [2.05, 4.69) is 0 Å². The molecule has 0 aliphatic rings. The van der Waals surface area contributed by atoms with Crippen molar-refractivity contribution in [3.05, 3.63) is 0 Å². The van der Waals surface area contributed by atoms with Gasteiger partial charge in [-0.05, 0) is 13.3 Å². The maximum atomic E-state index is 10.8. The monoisotopic (exact) mass is 172 g/mol. The predicted molar refractivity (Wildman–Crippen MR) is 45.8 cm³/mol. The van der Waals surface area contributed by atoms with Crippen molar-refractivity contribution in [3.8, 4) is 0 Å². The molecule has 0 aliphatic carbocycles. The van der Waals surface area contributed by atoms with Crippen molar-refractivity contribution in [1.29, 1.82) is 0 Å². The first kappa shape index (κ1) is 11.1. The molecule has 70 valence electrons. The van der Waals surface area contributed by atoms with E-state index in [1.165, 1.54) is 6.92 Å². The van der Waals surface area contributed by atoms with Crippen LogP contribution in [0.3, 0.4) is 0 Å². The summed E-state index contributed by atoms with van der Waals surface area (Å²) in [6.07, 6.45) is 1.18. The summed E-state index contributed by atoms with van der Waals surface area (Å²) in [7, 11) is 0. The predicted octanol–water partition coefficient (Wildman–Crippen LogP) is 1.70. The summed E-state index contributed by atoms with van der Waals surface area (Å²) >= 11 is 0. The van der Waals surface area contributed by atoms with E-state index in [0.29, 0.717) is 19.3 Å². The second-order valence-electron chi connectivity index (χ2n) is 2.78. The molecule has 1 atom stereocenters. The van der Waals surface area contributed by atoms with Crippen LogP contribution in [0, 0.1) is 0 Å². The Morgan fingerprint density at radius 1 is 1.33 bits per heavy atom. The molecular formula is C9H16O3. The lowest BCUT2D eigenvalue weighted by molar-refractivity contribution is -0.149. The third kappa shape index (κ3) is 4.88. The van der Waals surface area contributed by atoms with Gasteiger partial charge in [-0.1, -0.05) is 13.8 Å². The quantitative estimate of drug-likeness (QED) is 0.593. The highest BCUT2D eigenvalue weighted by atomic mass is 16.5. The molecule has 0 saturated heterocycles. The lowest BCUT2D eigenvalue weighted by atomic mass is 10.1. The van der Waals surface area contributed by atoms with Crippen LogP contribution in [0.4, 0.5) is 0 Å². The van der Waals surface area contributed by atoms with Crippen LogP contribution in [0.2, 0.25) is 0 Å². The molecule has 0 aromatic heterocycles. The van der Waals surface area contributed by atoms with Crippen LogP contribution < -0.4 is 0 Å². The van der Waals surface area contributed by atoms with Gasteiger partial charge in [0.25, 0.3) is 0 Å². The summed E-state index contributed by atoms with van der Waals surface area (Å²) in [5, 5.41) is 0. The normalized spacial score (nSPS) is 12.2. The van der Waals surface area contributed by atoms with Gasteiger partial charge in [-0.25, -0.2) is 0 Å².